The number of rotatable bonds is 4. The van der Waals surface area contributed by atoms with Crippen molar-refractivity contribution in [3.05, 3.63) is 85.1 Å². The summed E-state index contributed by atoms with van der Waals surface area (Å²) in [4.78, 5) is 12.2. The fourth-order valence-corrected chi connectivity index (χ4v) is 4.39. The van der Waals surface area contributed by atoms with Crippen LogP contribution in [0.3, 0.4) is 0 Å². The lowest BCUT2D eigenvalue weighted by atomic mass is 10.2. The van der Waals surface area contributed by atoms with Crippen LogP contribution >= 0.6 is 0 Å². The molecule has 0 aliphatic rings. The Hall–Kier alpha value is -3.71. The fraction of sp³-hybridized carbons (Fsp3) is 0. The van der Waals surface area contributed by atoms with E-state index in [0.717, 1.165) is 16.5 Å². The summed E-state index contributed by atoms with van der Waals surface area (Å²) >= 11 is 0. The van der Waals surface area contributed by atoms with Crippen LogP contribution < -0.4 is 4.72 Å². The highest BCUT2D eigenvalue weighted by Gasteiger charge is 2.17. The Morgan fingerprint density at radius 2 is 1.69 bits per heavy atom. The van der Waals surface area contributed by atoms with Crippen LogP contribution in [0.2, 0.25) is 0 Å². The van der Waals surface area contributed by atoms with Gasteiger partial charge in [-0.15, -0.1) is 0 Å². The van der Waals surface area contributed by atoms with Crippen LogP contribution in [0.4, 0.5) is 5.69 Å². The van der Waals surface area contributed by atoms with Crippen LogP contribution in [-0.4, -0.2) is 23.4 Å². The van der Waals surface area contributed by atoms with Crippen molar-refractivity contribution in [2.45, 2.75) is 4.90 Å². The van der Waals surface area contributed by atoms with Gasteiger partial charge in [0.1, 0.15) is 5.82 Å². The molecule has 0 fully saturated rings. The van der Waals surface area contributed by atoms with Crippen LogP contribution in [0, 0.1) is 0 Å². The van der Waals surface area contributed by atoms with Gasteiger partial charge in [-0.3, -0.25) is 9.71 Å². The van der Waals surface area contributed by atoms with E-state index >= 15 is 0 Å². The minimum absolute atomic E-state index is 0.161. The summed E-state index contributed by atoms with van der Waals surface area (Å²) in [6, 6.07) is 23.5. The number of imidazole rings is 1. The number of fused-ring (bicyclic) bond motifs is 2. The molecule has 3 aromatic carbocycles. The van der Waals surface area contributed by atoms with Gasteiger partial charge in [0.05, 0.1) is 27.1 Å². The average Bonchev–Trinajstić information content (AvgIpc) is 3.18. The van der Waals surface area contributed by atoms with Gasteiger partial charge in [-0.05, 0) is 42.5 Å². The van der Waals surface area contributed by atoms with E-state index in [9.17, 15) is 8.42 Å². The molecule has 142 valence electrons. The molecule has 0 unspecified atom stereocenters. The van der Waals surface area contributed by atoms with E-state index in [1.54, 1.807) is 42.6 Å². The largest absolute Gasteiger partial charge is 0.338 e. The van der Waals surface area contributed by atoms with E-state index in [1.165, 1.54) is 0 Å². The van der Waals surface area contributed by atoms with Crippen LogP contribution in [0.5, 0.6) is 0 Å². The van der Waals surface area contributed by atoms with Crippen molar-refractivity contribution in [1.82, 2.24) is 15.0 Å². The minimum atomic E-state index is -3.78. The third-order valence-corrected chi connectivity index (χ3v) is 6.06. The molecule has 2 N–H and O–H groups in total. The Morgan fingerprint density at radius 3 is 2.55 bits per heavy atom. The van der Waals surface area contributed by atoms with Crippen LogP contribution in [0.15, 0.2) is 90.0 Å². The third-order valence-electron chi connectivity index (χ3n) is 4.70. The summed E-state index contributed by atoms with van der Waals surface area (Å²) in [6.07, 6.45) is 1.68. The number of nitrogens with one attached hydrogen (secondary N) is 2. The highest BCUT2D eigenvalue weighted by Crippen LogP contribution is 2.26. The molecule has 0 radical (unpaired) electrons. The molecule has 7 heteroatoms. The van der Waals surface area contributed by atoms with Gasteiger partial charge in [-0.2, -0.15) is 0 Å². The molecular weight excluding hydrogens is 384 g/mol. The fourth-order valence-electron chi connectivity index (χ4n) is 3.28. The Morgan fingerprint density at radius 1 is 0.828 bits per heavy atom. The van der Waals surface area contributed by atoms with Crippen molar-refractivity contribution in [2.75, 3.05) is 4.72 Å². The van der Waals surface area contributed by atoms with Crippen molar-refractivity contribution in [1.29, 1.82) is 0 Å². The standard InChI is InChI=1S/C22H16N4O2S/c27-29(28,26-19-10-4-9-18-17(19)8-5-13-23-18)16-11-12-20-21(14-16)25-22(24-20)15-6-2-1-3-7-15/h1-14,26H,(H,24,25). The molecule has 0 bridgehead atoms. The van der Waals surface area contributed by atoms with Gasteiger partial charge in [0.2, 0.25) is 0 Å². The predicted octanol–water partition coefficient (Wildman–Crippen LogP) is 4.58. The molecule has 0 aliphatic carbocycles. The van der Waals surface area contributed by atoms with Crippen LogP contribution in [0.1, 0.15) is 0 Å². The quantitative estimate of drug-likeness (QED) is 0.462. The number of benzene rings is 3. The minimum Gasteiger partial charge on any atom is -0.338 e. The lowest BCUT2D eigenvalue weighted by molar-refractivity contribution is 0.601. The number of hydrogen-bond acceptors (Lipinski definition) is 4. The molecule has 0 aliphatic heterocycles. The molecule has 0 amide bonds. The number of H-pyrrole nitrogens is 1. The van der Waals surface area contributed by atoms with Gasteiger partial charge >= 0.3 is 0 Å². The first-order valence-electron chi connectivity index (χ1n) is 9.02. The van der Waals surface area contributed by atoms with Crippen LogP contribution in [0.25, 0.3) is 33.3 Å². The van der Waals surface area contributed by atoms with E-state index < -0.39 is 10.0 Å². The molecular formula is C22H16N4O2S. The molecule has 2 aromatic heterocycles. The highest BCUT2D eigenvalue weighted by atomic mass is 32.2. The van der Waals surface area contributed by atoms with E-state index in [4.69, 9.17) is 0 Å². The Balaban J connectivity index is 1.53. The Kier molecular flexibility index (Phi) is 4.03. The second kappa shape index (κ2) is 6.72. The Bertz CT molecular complexity index is 1440. The maximum Gasteiger partial charge on any atom is 0.261 e. The van der Waals surface area contributed by atoms with Crippen molar-refractivity contribution in [2.24, 2.45) is 0 Å². The van der Waals surface area contributed by atoms with Crippen molar-refractivity contribution in [3.63, 3.8) is 0 Å². The summed E-state index contributed by atoms with van der Waals surface area (Å²) in [5.74, 6) is 0.697. The first-order valence-corrected chi connectivity index (χ1v) is 10.5. The molecule has 29 heavy (non-hydrogen) atoms. The van der Waals surface area contributed by atoms with Gasteiger partial charge in [0.25, 0.3) is 10.0 Å². The number of sulfonamides is 1. The first kappa shape index (κ1) is 17.4. The predicted molar refractivity (Wildman–Crippen MR) is 114 cm³/mol. The summed E-state index contributed by atoms with van der Waals surface area (Å²) < 4.78 is 28.7. The number of anilines is 1. The molecule has 2 heterocycles. The van der Waals surface area contributed by atoms with Gasteiger partial charge < -0.3 is 4.98 Å². The zero-order valence-electron chi connectivity index (χ0n) is 15.2. The maximum atomic E-state index is 13.0. The van der Waals surface area contributed by atoms with Crippen LogP contribution in [-0.2, 0) is 10.0 Å². The van der Waals surface area contributed by atoms with Gasteiger partial charge in [0, 0.05) is 17.1 Å². The zero-order valence-corrected chi connectivity index (χ0v) is 16.0. The monoisotopic (exact) mass is 400 g/mol. The Labute approximate surface area is 167 Å². The van der Waals surface area contributed by atoms with Crippen molar-refractivity contribution < 1.29 is 8.42 Å². The summed E-state index contributed by atoms with van der Waals surface area (Å²) in [5, 5.41) is 0.743. The number of pyridine rings is 1. The topological polar surface area (TPSA) is 87.7 Å². The lowest BCUT2D eigenvalue weighted by Gasteiger charge is -2.10. The number of aromatic amines is 1. The van der Waals surface area contributed by atoms with Gasteiger partial charge in [-0.1, -0.05) is 36.4 Å². The molecule has 6 nitrogen and oxygen atoms in total. The molecule has 0 saturated carbocycles. The van der Waals surface area contributed by atoms with E-state index in [0.29, 0.717) is 22.5 Å². The summed E-state index contributed by atoms with van der Waals surface area (Å²) in [5.41, 5.74) is 3.52. The third kappa shape index (κ3) is 3.21. The second-order valence-electron chi connectivity index (χ2n) is 6.61. The lowest BCUT2D eigenvalue weighted by Crippen LogP contribution is -2.13. The summed E-state index contributed by atoms with van der Waals surface area (Å²) in [6.45, 7) is 0. The zero-order chi connectivity index (χ0) is 19.8. The molecule has 0 saturated heterocycles. The van der Waals surface area contributed by atoms with Crippen molar-refractivity contribution in [3.8, 4) is 11.4 Å². The molecule has 0 spiro atoms. The molecule has 5 aromatic rings. The van der Waals surface area contributed by atoms with Crippen molar-refractivity contribution >= 4 is 37.6 Å². The summed E-state index contributed by atoms with van der Waals surface area (Å²) in [7, 11) is -3.78. The smallest absolute Gasteiger partial charge is 0.261 e. The average molecular weight is 400 g/mol. The van der Waals surface area contributed by atoms with E-state index in [-0.39, 0.29) is 4.90 Å². The second-order valence-corrected chi connectivity index (χ2v) is 8.29. The maximum absolute atomic E-state index is 13.0. The number of hydrogen-bond donors (Lipinski definition) is 2. The molecule has 0 atom stereocenters. The first-order chi connectivity index (χ1) is 14.1. The van der Waals surface area contributed by atoms with Gasteiger partial charge in [0.15, 0.2) is 0 Å². The van der Waals surface area contributed by atoms with Gasteiger partial charge in [-0.25, -0.2) is 13.4 Å². The highest BCUT2D eigenvalue weighted by molar-refractivity contribution is 7.92. The number of aromatic nitrogens is 3. The van der Waals surface area contributed by atoms with E-state index in [1.807, 2.05) is 42.5 Å². The normalized spacial score (nSPS) is 11.7. The number of nitrogens with zero attached hydrogens (tertiary/aromatic N) is 2. The molecule has 5 rings (SSSR count). The van der Waals surface area contributed by atoms with E-state index in [2.05, 4.69) is 19.7 Å². The SMILES string of the molecule is O=S(=O)(Nc1cccc2ncccc12)c1ccc2nc(-c3ccccc3)[nH]c2c1.